The summed E-state index contributed by atoms with van der Waals surface area (Å²) in [6.45, 7) is 5.08. The molecule has 1 atom stereocenters. The summed E-state index contributed by atoms with van der Waals surface area (Å²) in [7, 11) is -3.94. The number of rotatable bonds is 4. The SMILES string of the molecule is Cc1noc(C)c1C(C)NS(=O)(=O)c1ccccc1F. The monoisotopic (exact) mass is 298 g/mol. The molecule has 0 aliphatic heterocycles. The number of halogens is 1. The quantitative estimate of drug-likeness (QED) is 0.941. The largest absolute Gasteiger partial charge is 0.361 e. The molecule has 0 fully saturated rings. The van der Waals surface area contributed by atoms with E-state index in [4.69, 9.17) is 4.52 Å². The van der Waals surface area contributed by atoms with Crippen LogP contribution in [-0.2, 0) is 10.0 Å². The predicted molar refractivity (Wildman–Crippen MR) is 71.1 cm³/mol. The molecule has 1 N–H and O–H groups in total. The van der Waals surface area contributed by atoms with E-state index in [2.05, 4.69) is 9.88 Å². The van der Waals surface area contributed by atoms with Gasteiger partial charge in [-0.3, -0.25) is 0 Å². The predicted octanol–water partition coefficient (Wildman–Crippen LogP) is 2.47. The molecule has 2 aromatic rings. The summed E-state index contributed by atoms with van der Waals surface area (Å²) >= 11 is 0. The van der Waals surface area contributed by atoms with Gasteiger partial charge in [0.05, 0.1) is 5.69 Å². The van der Waals surface area contributed by atoms with Crippen LogP contribution in [0.2, 0.25) is 0 Å². The number of hydrogen-bond donors (Lipinski definition) is 1. The minimum Gasteiger partial charge on any atom is -0.361 e. The Balaban J connectivity index is 2.32. The topological polar surface area (TPSA) is 72.2 Å². The molecule has 1 aromatic heterocycles. The van der Waals surface area contributed by atoms with Gasteiger partial charge in [-0.15, -0.1) is 0 Å². The summed E-state index contributed by atoms with van der Waals surface area (Å²) in [6.07, 6.45) is 0. The van der Waals surface area contributed by atoms with Gasteiger partial charge in [-0.25, -0.2) is 17.5 Å². The van der Waals surface area contributed by atoms with Gasteiger partial charge in [0, 0.05) is 11.6 Å². The molecule has 108 valence electrons. The summed E-state index contributed by atoms with van der Waals surface area (Å²) in [5.41, 5.74) is 1.26. The third kappa shape index (κ3) is 2.73. The molecule has 0 bridgehead atoms. The van der Waals surface area contributed by atoms with Crippen molar-refractivity contribution in [3.8, 4) is 0 Å². The highest BCUT2D eigenvalue weighted by molar-refractivity contribution is 7.89. The molecule has 0 saturated heterocycles. The van der Waals surface area contributed by atoms with E-state index in [-0.39, 0.29) is 4.90 Å². The lowest BCUT2D eigenvalue weighted by Gasteiger charge is -2.14. The average molecular weight is 298 g/mol. The van der Waals surface area contributed by atoms with Crippen LogP contribution in [0.25, 0.3) is 0 Å². The van der Waals surface area contributed by atoms with Crippen LogP contribution in [0.4, 0.5) is 4.39 Å². The zero-order chi connectivity index (χ0) is 14.9. The van der Waals surface area contributed by atoms with E-state index in [1.165, 1.54) is 18.2 Å². The Bertz CT molecular complexity index is 705. The fraction of sp³-hybridized carbons (Fsp3) is 0.308. The van der Waals surface area contributed by atoms with Crippen molar-refractivity contribution in [2.75, 3.05) is 0 Å². The van der Waals surface area contributed by atoms with Crippen molar-refractivity contribution in [1.29, 1.82) is 0 Å². The second-order valence-electron chi connectivity index (χ2n) is 4.51. The number of nitrogens with zero attached hydrogens (tertiary/aromatic N) is 1. The zero-order valence-corrected chi connectivity index (χ0v) is 12.2. The summed E-state index contributed by atoms with van der Waals surface area (Å²) in [4.78, 5) is -0.376. The van der Waals surface area contributed by atoms with Crippen LogP contribution < -0.4 is 4.72 Å². The highest BCUT2D eigenvalue weighted by Crippen LogP contribution is 2.23. The molecule has 20 heavy (non-hydrogen) atoms. The van der Waals surface area contributed by atoms with E-state index in [0.717, 1.165) is 6.07 Å². The van der Waals surface area contributed by atoms with Crippen LogP contribution in [0, 0.1) is 19.7 Å². The second kappa shape index (κ2) is 5.34. The normalized spacial score (nSPS) is 13.4. The Labute approximate surface area is 116 Å². The molecular formula is C13H15FN2O3S. The van der Waals surface area contributed by atoms with E-state index in [1.54, 1.807) is 20.8 Å². The molecule has 0 spiro atoms. The van der Waals surface area contributed by atoms with Crippen LogP contribution in [0.1, 0.15) is 30.0 Å². The van der Waals surface area contributed by atoms with Crippen molar-refractivity contribution in [3.05, 3.63) is 47.1 Å². The number of benzene rings is 1. The lowest BCUT2D eigenvalue weighted by Crippen LogP contribution is -2.28. The molecule has 0 saturated carbocycles. The molecule has 1 heterocycles. The van der Waals surface area contributed by atoms with Crippen molar-refractivity contribution in [3.63, 3.8) is 0 Å². The molecule has 1 unspecified atom stereocenters. The van der Waals surface area contributed by atoms with Crippen molar-refractivity contribution in [2.45, 2.75) is 31.7 Å². The van der Waals surface area contributed by atoms with Gasteiger partial charge in [-0.2, -0.15) is 0 Å². The number of aromatic nitrogens is 1. The number of aryl methyl sites for hydroxylation is 2. The molecule has 0 aliphatic rings. The molecule has 0 radical (unpaired) electrons. The third-order valence-corrected chi connectivity index (χ3v) is 4.55. The van der Waals surface area contributed by atoms with Gasteiger partial charge in [0.2, 0.25) is 10.0 Å². The van der Waals surface area contributed by atoms with Gasteiger partial charge in [0.25, 0.3) is 0 Å². The van der Waals surface area contributed by atoms with E-state index in [0.29, 0.717) is 17.0 Å². The van der Waals surface area contributed by atoms with Gasteiger partial charge >= 0.3 is 0 Å². The van der Waals surface area contributed by atoms with Gasteiger partial charge < -0.3 is 4.52 Å². The van der Waals surface area contributed by atoms with Gasteiger partial charge in [0.15, 0.2) is 0 Å². The zero-order valence-electron chi connectivity index (χ0n) is 11.3. The molecular weight excluding hydrogens is 283 g/mol. The van der Waals surface area contributed by atoms with E-state index >= 15 is 0 Å². The summed E-state index contributed by atoms with van der Waals surface area (Å²) in [6, 6.07) is 4.67. The molecule has 5 nitrogen and oxygen atoms in total. The van der Waals surface area contributed by atoms with Crippen LogP contribution >= 0.6 is 0 Å². The van der Waals surface area contributed by atoms with Crippen molar-refractivity contribution in [2.24, 2.45) is 0 Å². The number of nitrogens with one attached hydrogen (secondary N) is 1. The summed E-state index contributed by atoms with van der Waals surface area (Å²) in [5, 5.41) is 3.77. The molecule has 0 aliphatic carbocycles. The summed E-state index contributed by atoms with van der Waals surface area (Å²) < 4.78 is 45.4. The third-order valence-electron chi connectivity index (χ3n) is 2.98. The number of hydrogen-bond acceptors (Lipinski definition) is 4. The Morgan fingerprint density at radius 1 is 1.30 bits per heavy atom. The standard InChI is InChI=1S/C13H15FN2O3S/c1-8-13(10(3)19-15-8)9(2)16-20(17,18)12-7-5-4-6-11(12)14/h4-7,9,16H,1-3H3. The van der Waals surface area contributed by atoms with Crippen LogP contribution in [0.15, 0.2) is 33.7 Å². The maximum atomic E-state index is 13.6. The fourth-order valence-electron chi connectivity index (χ4n) is 2.13. The highest BCUT2D eigenvalue weighted by atomic mass is 32.2. The molecule has 1 aromatic carbocycles. The minimum absolute atomic E-state index is 0.376. The fourth-order valence-corrected chi connectivity index (χ4v) is 3.42. The van der Waals surface area contributed by atoms with E-state index in [9.17, 15) is 12.8 Å². The van der Waals surface area contributed by atoms with E-state index in [1.807, 2.05) is 0 Å². The second-order valence-corrected chi connectivity index (χ2v) is 6.19. The molecule has 2 rings (SSSR count). The minimum atomic E-state index is -3.94. The maximum absolute atomic E-state index is 13.6. The van der Waals surface area contributed by atoms with Crippen molar-refractivity contribution < 1.29 is 17.3 Å². The lowest BCUT2D eigenvalue weighted by atomic mass is 10.1. The van der Waals surface area contributed by atoms with Crippen LogP contribution in [-0.4, -0.2) is 13.6 Å². The van der Waals surface area contributed by atoms with Crippen molar-refractivity contribution >= 4 is 10.0 Å². The molecule has 7 heteroatoms. The van der Waals surface area contributed by atoms with Gasteiger partial charge in [0.1, 0.15) is 16.5 Å². The number of sulfonamides is 1. The first kappa shape index (κ1) is 14.7. The first-order valence-electron chi connectivity index (χ1n) is 6.02. The summed E-state index contributed by atoms with van der Waals surface area (Å²) in [5.74, 6) is -0.253. The highest BCUT2D eigenvalue weighted by Gasteiger charge is 2.24. The van der Waals surface area contributed by atoms with Crippen molar-refractivity contribution in [1.82, 2.24) is 9.88 Å². The first-order chi connectivity index (χ1) is 9.33. The first-order valence-corrected chi connectivity index (χ1v) is 7.51. The van der Waals surface area contributed by atoms with Crippen LogP contribution in [0.5, 0.6) is 0 Å². The average Bonchev–Trinajstić information content (AvgIpc) is 2.68. The Morgan fingerprint density at radius 3 is 2.50 bits per heavy atom. The van der Waals surface area contributed by atoms with Crippen LogP contribution in [0.3, 0.4) is 0 Å². The van der Waals surface area contributed by atoms with Gasteiger partial charge in [-0.05, 0) is 32.9 Å². The lowest BCUT2D eigenvalue weighted by molar-refractivity contribution is 0.391. The van der Waals surface area contributed by atoms with Gasteiger partial charge in [-0.1, -0.05) is 17.3 Å². The Morgan fingerprint density at radius 2 is 1.95 bits per heavy atom. The Kier molecular flexibility index (Phi) is 3.92. The smallest absolute Gasteiger partial charge is 0.244 e. The molecule has 0 amide bonds. The Hall–Kier alpha value is -1.73. The van der Waals surface area contributed by atoms with E-state index < -0.39 is 21.9 Å². The maximum Gasteiger partial charge on any atom is 0.244 e.